The second-order valence-corrected chi connectivity index (χ2v) is 7.79. The number of likely N-dealkylation sites (tertiary alicyclic amines) is 2. The van der Waals surface area contributed by atoms with Gasteiger partial charge >= 0.3 is 0 Å². The van der Waals surface area contributed by atoms with Gasteiger partial charge in [0.15, 0.2) is 0 Å². The van der Waals surface area contributed by atoms with Gasteiger partial charge in [-0.2, -0.15) is 0 Å². The zero-order chi connectivity index (χ0) is 17.4. The van der Waals surface area contributed by atoms with E-state index in [2.05, 4.69) is 4.90 Å². The van der Waals surface area contributed by atoms with Crippen LogP contribution in [0.25, 0.3) is 0 Å². The maximum atomic E-state index is 12.9. The lowest BCUT2D eigenvalue weighted by Crippen LogP contribution is -2.40. The Balaban J connectivity index is 1.39. The zero-order valence-electron chi connectivity index (χ0n) is 14.4. The Morgan fingerprint density at radius 2 is 1.92 bits per heavy atom. The van der Waals surface area contributed by atoms with Gasteiger partial charge in [-0.1, -0.05) is 17.7 Å². The van der Waals surface area contributed by atoms with Gasteiger partial charge < -0.3 is 9.80 Å². The molecule has 0 aromatic heterocycles. The smallest absolute Gasteiger partial charge is 0.228 e. The molecule has 0 bridgehead atoms. The molecule has 3 aliphatic heterocycles. The van der Waals surface area contributed by atoms with Crippen LogP contribution in [0, 0.1) is 5.92 Å². The van der Waals surface area contributed by atoms with Gasteiger partial charge in [0.25, 0.3) is 0 Å². The highest BCUT2D eigenvalue weighted by atomic mass is 35.5. The fourth-order valence-corrected chi connectivity index (χ4v) is 4.56. The van der Waals surface area contributed by atoms with Crippen molar-refractivity contribution in [3.63, 3.8) is 0 Å². The zero-order valence-corrected chi connectivity index (χ0v) is 15.1. The molecule has 2 unspecified atom stereocenters. The van der Waals surface area contributed by atoms with Gasteiger partial charge in [0, 0.05) is 42.8 Å². The molecule has 1 aromatic rings. The molecule has 0 N–H and O–H groups in total. The molecule has 0 radical (unpaired) electrons. The van der Waals surface area contributed by atoms with Crippen LogP contribution in [0.2, 0.25) is 5.02 Å². The first kappa shape index (κ1) is 16.9. The van der Waals surface area contributed by atoms with E-state index < -0.39 is 0 Å². The van der Waals surface area contributed by atoms with Crippen LogP contribution >= 0.6 is 11.6 Å². The first-order valence-electron chi connectivity index (χ1n) is 9.20. The number of nitrogens with zero attached hydrogens (tertiary/aromatic N) is 3. The van der Waals surface area contributed by atoms with Crippen LogP contribution in [0.15, 0.2) is 24.3 Å². The summed E-state index contributed by atoms with van der Waals surface area (Å²) in [5, 5.41) is 0.605. The lowest BCUT2D eigenvalue weighted by Gasteiger charge is -2.25. The molecule has 0 aliphatic carbocycles. The van der Waals surface area contributed by atoms with Crippen LogP contribution in [0.4, 0.5) is 5.69 Å². The topological polar surface area (TPSA) is 43.9 Å². The van der Waals surface area contributed by atoms with Gasteiger partial charge in [-0.3, -0.25) is 14.5 Å². The fourth-order valence-electron chi connectivity index (χ4n) is 4.37. The fraction of sp³-hybridized carbons (Fsp3) is 0.579. The summed E-state index contributed by atoms with van der Waals surface area (Å²) in [4.78, 5) is 31.5. The molecule has 3 saturated heterocycles. The first-order valence-corrected chi connectivity index (χ1v) is 9.58. The van der Waals surface area contributed by atoms with Crippen LogP contribution < -0.4 is 4.90 Å². The van der Waals surface area contributed by atoms with E-state index in [1.165, 1.54) is 12.8 Å². The van der Waals surface area contributed by atoms with Gasteiger partial charge in [0.2, 0.25) is 11.8 Å². The summed E-state index contributed by atoms with van der Waals surface area (Å²) in [6.45, 7) is 4.43. The number of benzene rings is 1. The van der Waals surface area contributed by atoms with Gasteiger partial charge in [0.1, 0.15) is 0 Å². The van der Waals surface area contributed by atoms with Gasteiger partial charge in [0.05, 0.1) is 5.92 Å². The molecule has 134 valence electrons. The van der Waals surface area contributed by atoms with Crippen molar-refractivity contribution >= 4 is 29.1 Å². The third kappa shape index (κ3) is 3.40. The maximum Gasteiger partial charge on any atom is 0.228 e. The third-order valence-corrected chi connectivity index (χ3v) is 5.96. The van der Waals surface area contributed by atoms with Gasteiger partial charge in [-0.15, -0.1) is 0 Å². The normalized spacial score (nSPS) is 27.5. The molecule has 4 rings (SSSR count). The summed E-state index contributed by atoms with van der Waals surface area (Å²) >= 11 is 6.03. The quantitative estimate of drug-likeness (QED) is 0.830. The lowest BCUT2D eigenvalue weighted by molar-refractivity contribution is -0.134. The summed E-state index contributed by atoms with van der Waals surface area (Å²) < 4.78 is 0. The van der Waals surface area contributed by atoms with Crippen molar-refractivity contribution in [1.29, 1.82) is 0 Å². The molecule has 0 saturated carbocycles. The average molecular weight is 362 g/mol. The van der Waals surface area contributed by atoms with Gasteiger partial charge in [-0.05, 0) is 50.6 Å². The molecule has 0 spiro atoms. The van der Waals surface area contributed by atoms with E-state index >= 15 is 0 Å². The molecule has 3 heterocycles. The number of rotatable bonds is 3. The molecular weight excluding hydrogens is 338 g/mol. The second kappa shape index (κ2) is 6.96. The molecule has 6 heteroatoms. The molecule has 25 heavy (non-hydrogen) atoms. The van der Waals surface area contributed by atoms with E-state index in [9.17, 15) is 9.59 Å². The van der Waals surface area contributed by atoms with Crippen LogP contribution in [-0.4, -0.2) is 60.4 Å². The SMILES string of the molecule is O=C(C1CC(=O)N(c2cccc(Cl)c2)C1)N1CCC(N2CCCC2)C1. The van der Waals surface area contributed by atoms with E-state index in [-0.39, 0.29) is 17.7 Å². The highest BCUT2D eigenvalue weighted by Gasteiger charge is 2.40. The largest absolute Gasteiger partial charge is 0.341 e. The van der Waals surface area contributed by atoms with Crippen molar-refractivity contribution in [2.24, 2.45) is 5.92 Å². The summed E-state index contributed by atoms with van der Waals surface area (Å²) in [5.74, 6) is -0.0840. The Kier molecular flexibility index (Phi) is 4.69. The van der Waals surface area contributed by atoms with Crippen molar-refractivity contribution in [2.45, 2.75) is 31.7 Å². The van der Waals surface area contributed by atoms with Crippen LogP contribution in [0.1, 0.15) is 25.7 Å². The minimum absolute atomic E-state index is 0.0101. The Bertz CT molecular complexity index is 674. The number of halogens is 1. The Morgan fingerprint density at radius 3 is 2.68 bits per heavy atom. The maximum absolute atomic E-state index is 12.9. The minimum Gasteiger partial charge on any atom is -0.341 e. The van der Waals surface area contributed by atoms with Crippen molar-refractivity contribution in [1.82, 2.24) is 9.80 Å². The number of anilines is 1. The molecule has 2 atom stereocenters. The number of carbonyl (C=O) groups is 2. The van der Waals surface area contributed by atoms with E-state index in [1.807, 2.05) is 17.0 Å². The van der Waals surface area contributed by atoms with E-state index in [0.717, 1.165) is 38.3 Å². The van der Waals surface area contributed by atoms with Crippen LogP contribution in [-0.2, 0) is 9.59 Å². The predicted octanol–water partition coefficient (Wildman–Crippen LogP) is 2.39. The van der Waals surface area contributed by atoms with E-state index in [4.69, 9.17) is 11.6 Å². The van der Waals surface area contributed by atoms with E-state index in [0.29, 0.717) is 24.0 Å². The Hall–Kier alpha value is -1.59. The predicted molar refractivity (Wildman–Crippen MR) is 97.7 cm³/mol. The highest BCUT2D eigenvalue weighted by Crippen LogP contribution is 2.29. The molecular formula is C19H24ClN3O2. The summed E-state index contributed by atoms with van der Waals surface area (Å²) in [7, 11) is 0. The lowest BCUT2D eigenvalue weighted by atomic mass is 10.1. The Labute approximate surface area is 153 Å². The highest BCUT2D eigenvalue weighted by molar-refractivity contribution is 6.31. The first-order chi connectivity index (χ1) is 12.1. The van der Waals surface area contributed by atoms with E-state index in [1.54, 1.807) is 17.0 Å². The van der Waals surface area contributed by atoms with Crippen molar-refractivity contribution in [3.8, 4) is 0 Å². The monoisotopic (exact) mass is 361 g/mol. The molecule has 5 nitrogen and oxygen atoms in total. The summed E-state index contributed by atoms with van der Waals surface area (Å²) in [6.07, 6.45) is 3.91. The minimum atomic E-state index is -0.233. The van der Waals surface area contributed by atoms with Crippen molar-refractivity contribution in [2.75, 3.05) is 37.6 Å². The summed E-state index contributed by atoms with van der Waals surface area (Å²) in [5.41, 5.74) is 0.782. The van der Waals surface area contributed by atoms with Crippen LogP contribution in [0.5, 0.6) is 0 Å². The number of carbonyl (C=O) groups excluding carboxylic acids is 2. The van der Waals surface area contributed by atoms with Crippen molar-refractivity contribution in [3.05, 3.63) is 29.3 Å². The number of hydrogen-bond acceptors (Lipinski definition) is 3. The molecule has 3 aliphatic rings. The molecule has 3 fully saturated rings. The third-order valence-electron chi connectivity index (χ3n) is 5.73. The van der Waals surface area contributed by atoms with Crippen molar-refractivity contribution < 1.29 is 9.59 Å². The van der Waals surface area contributed by atoms with Gasteiger partial charge in [-0.25, -0.2) is 0 Å². The average Bonchev–Trinajstić information content (AvgIpc) is 3.34. The number of amides is 2. The second-order valence-electron chi connectivity index (χ2n) is 7.36. The standard InChI is InChI=1S/C19H24ClN3O2/c20-15-4-3-5-16(11-15)23-12-14(10-18(23)24)19(25)22-9-6-17(13-22)21-7-1-2-8-21/h3-5,11,14,17H,1-2,6-10,12-13H2. The molecule has 2 amide bonds. The molecule has 1 aromatic carbocycles. The number of hydrogen-bond donors (Lipinski definition) is 0. The van der Waals surface area contributed by atoms with Crippen LogP contribution in [0.3, 0.4) is 0 Å². The Morgan fingerprint density at radius 1 is 1.12 bits per heavy atom. The summed E-state index contributed by atoms with van der Waals surface area (Å²) in [6, 6.07) is 7.78.